The van der Waals surface area contributed by atoms with E-state index in [1.54, 1.807) is 30.3 Å². The van der Waals surface area contributed by atoms with Crippen LogP contribution in [0.5, 0.6) is 0 Å². The monoisotopic (exact) mass is 416 g/mol. The van der Waals surface area contributed by atoms with Crippen LogP contribution in [0.3, 0.4) is 0 Å². The topological polar surface area (TPSA) is 92.3 Å². The van der Waals surface area contributed by atoms with Crippen molar-refractivity contribution in [2.45, 2.75) is 19.9 Å². The van der Waals surface area contributed by atoms with Crippen molar-refractivity contribution >= 4 is 38.1 Å². The molecule has 2 aromatic carbocycles. The van der Waals surface area contributed by atoms with Crippen LogP contribution in [0.4, 0.5) is 10.8 Å². The summed E-state index contributed by atoms with van der Waals surface area (Å²) in [6, 6.07) is 15.4. The fourth-order valence-corrected chi connectivity index (χ4v) is 4.61. The molecule has 146 valence electrons. The lowest BCUT2D eigenvalue weighted by Gasteiger charge is -2.27. The zero-order chi connectivity index (χ0) is 20.3. The predicted octanol–water partition coefficient (Wildman–Crippen LogP) is 3.31. The van der Waals surface area contributed by atoms with Crippen LogP contribution in [0, 0.1) is 6.92 Å². The van der Waals surface area contributed by atoms with Crippen LogP contribution < -0.4 is 9.62 Å². The fraction of sp³-hybridized carbons (Fsp3) is 0.211. The predicted molar refractivity (Wildman–Crippen MR) is 112 cm³/mol. The highest BCUT2D eigenvalue weighted by Gasteiger charge is 2.29. The van der Waals surface area contributed by atoms with Crippen molar-refractivity contribution in [2.75, 3.05) is 15.9 Å². The summed E-state index contributed by atoms with van der Waals surface area (Å²) in [4.78, 5) is 12.7. The number of carbonyl (C=O) groups is 1. The lowest BCUT2D eigenvalue weighted by molar-refractivity contribution is -0.116. The minimum Gasteiger partial charge on any atom is -0.299 e. The maximum absolute atomic E-state index is 12.7. The molecule has 7 nitrogen and oxygen atoms in total. The molecule has 1 heterocycles. The molecule has 0 saturated heterocycles. The minimum atomic E-state index is -3.66. The van der Waals surface area contributed by atoms with Gasteiger partial charge in [0.05, 0.1) is 11.9 Å². The van der Waals surface area contributed by atoms with Gasteiger partial charge in [0.25, 0.3) is 0 Å². The van der Waals surface area contributed by atoms with Crippen LogP contribution in [0.15, 0.2) is 54.6 Å². The van der Waals surface area contributed by atoms with Crippen molar-refractivity contribution in [1.29, 1.82) is 0 Å². The molecule has 1 amide bonds. The first-order chi connectivity index (χ1) is 13.3. The Morgan fingerprint density at radius 2 is 1.71 bits per heavy atom. The van der Waals surface area contributed by atoms with Gasteiger partial charge in [0.1, 0.15) is 11.0 Å². The zero-order valence-corrected chi connectivity index (χ0v) is 17.3. The number of nitrogens with one attached hydrogen (secondary N) is 1. The number of para-hydroxylation sites is 1. The standard InChI is InChI=1S/C19H20N4O3S2/c1-13-9-11-15(12-10-13)18-21-22-19(27-18)20-17(24)14(2)23(28(3,25)26)16-7-5-4-6-8-16/h4-12,14H,1-3H3,(H,20,22,24)/t14-/m0/s1. The minimum absolute atomic E-state index is 0.314. The second-order valence-corrected chi connectivity index (χ2v) is 9.17. The van der Waals surface area contributed by atoms with E-state index in [4.69, 9.17) is 0 Å². The van der Waals surface area contributed by atoms with Crippen molar-refractivity contribution in [3.8, 4) is 10.6 Å². The fourth-order valence-electron chi connectivity index (χ4n) is 2.68. The molecule has 0 fully saturated rings. The summed E-state index contributed by atoms with van der Waals surface area (Å²) in [7, 11) is -3.66. The number of anilines is 2. The molecule has 0 spiro atoms. The lowest BCUT2D eigenvalue weighted by Crippen LogP contribution is -2.45. The molecule has 9 heteroatoms. The van der Waals surface area contributed by atoms with Crippen molar-refractivity contribution in [2.24, 2.45) is 0 Å². The number of hydrogen-bond acceptors (Lipinski definition) is 6. The number of rotatable bonds is 6. The molecule has 0 aliphatic carbocycles. The quantitative estimate of drug-likeness (QED) is 0.666. The van der Waals surface area contributed by atoms with E-state index in [1.165, 1.54) is 18.3 Å². The Kier molecular flexibility index (Phi) is 5.76. The van der Waals surface area contributed by atoms with Crippen LogP contribution in [0.2, 0.25) is 0 Å². The van der Waals surface area contributed by atoms with Gasteiger partial charge in [-0.3, -0.25) is 14.4 Å². The summed E-state index contributed by atoms with van der Waals surface area (Å²) in [5, 5.41) is 11.8. The van der Waals surface area contributed by atoms with E-state index >= 15 is 0 Å². The molecular weight excluding hydrogens is 396 g/mol. The highest BCUT2D eigenvalue weighted by atomic mass is 32.2. The Hall–Kier alpha value is -2.78. The second kappa shape index (κ2) is 8.07. The van der Waals surface area contributed by atoms with Gasteiger partial charge in [0, 0.05) is 5.56 Å². The van der Waals surface area contributed by atoms with Gasteiger partial charge < -0.3 is 0 Å². The summed E-state index contributed by atoms with van der Waals surface area (Å²) in [5.41, 5.74) is 2.46. The maximum Gasteiger partial charge on any atom is 0.249 e. The van der Waals surface area contributed by atoms with Crippen molar-refractivity contribution in [3.05, 3.63) is 60.2 Å². The van der Waals surface area contributed by atoms with E-state index in [2.05, 4.69) is 15.5 Å². The van der Waals surface area contributed by atoms with Gasteiger partial charge in [-0.15, -0.1) is 10.2 Å². The Bertz CT molecular complexity index is 1060. The largest absolute Gasteiger partial charge is 0.299 e. The van der Waals surface area contributed by atoms with Crippen LogP contribution in [0.25, 0.3) is 10.6 Å². The first-order valence-electron chi connectivity index (χ1n) is 8.51. The van der Waals surface area contributed by atoms with E-state index in [9.17, 15) is 13.2 Å². The molecule has 3 aromatic rings. The van der Waals surface area contributed by atoms with Gasteiger partial charge in [0.2, 0.25) is 21.1 Å². The average molecular weight is 417 g/mol. The van der Waals surface area contributed by atoms with Crippen molar-refractivity contribution in [3.63, 3.8) is 0 Å². The van der Waals surface area contributed by atoms with Crippen molar-refractivity contribution < 1.29 is 13.2 Å². The average Bonchev–Trinajstić information content (AvgIpc) is 3.10. The van der Waals surface area contributed by atoms with Crippen LogP contribution >= 0.6 is 11.3 Å². The number of amides is 1. The summed E-state index contributed by atoms with van der Waals surface area (Å²) in [5.74, 6) is -0.485. The van der Waals surface area contributed by atoms with Gasteiger partial charge >= 0.3 is 0 Å². The maximum atomic E-state index is 12.7. The van der Waals surface area contributed by atoms with E-state index in [0.29, 0.717) is 15.8 Å². The molecule has 28 heavy (non-hydrogen) atoms. The number of benzene rings is 2. The number of hydrogen-bond donors (Lipinski definition) is 1. The van der Waals surface area contributed by atoms with Gasteiger partial charge in [-0.2, -0.15) is 0 Å². The van der Waals surface area contributed by atoms with E-state index < -0.39 is 22.0 Å². The molecule has 0 aliphatic rings. The molecule has 0 bridgehead atoms. The number of aryl methyl sites for hydroxylation is 1. The number of nitrogens with zero attached hydrogens (tertiary/aromatic N) is 3. The summed E-state index contributed by atoms with van der Waals surface area (Å²) in [6.45, 7) is 3.53. The molecule has 0 saturated carbocycles. The summed E-state index contributed by atoms with van der Waals surface area (Å²) < 4.78 is 25.6. The van der Waals surface area contributed by atoms with Crippen LogP contribution in [-0.2, 0) is 14.8 Å². The molecule has 1 N–H and O–H groups in total. The second-order valence-electron chi connectivity index (χ2n) is 6.34. The van der Waals surface area contributed by atoms with Crippen LogP contribution in [0.1, 0.15) is 12.5 Å². The SMILES string of the molecule is Cc1ccc(-c2nnc(NC(=O)[C@H](C)N(c3ccccc3)S(C)(=O)=O)s2)cc1. The van der Waals surface area contributed by atoms with Gasteiger partial charge in [-0.05, 0) is 26.0 Å². The van der Waals surface area contributed by atoms with Crippen molar-refractivity contribution in [1.82, 2.24) is 10.2 Å². The highest BCUT2D eigenvalue weighted by molar-refractivity contribution is 7.92. The lowest BCUT2D eigenvalue weighted by atomic mass is 10.2. The Labute approximate surface area is 168 Å². The molecule has 1 aromatic heterocycles. The van der Waals surface area contributed by atoms with Gasteiger partial charge in [-0.1, -0.05) is 59.4 Å². The number of sulfonamides is 1. The van der Waals surface area contributed by atoms with Gasteiger partial charge in [-0.25, -0.2) is 8.42 Å². The molecule has 1 atom stereocenters. The molecular formula is C19H20N4O3S2. The molecule has 0 radical (unpaired) electrons. The first kappa shape index (κ1) is 20.0. The normalized spacial score (nSPS) is 12.4. The summed E-state index contributed by atoms with van der Waals surface area (Å²) in [6.07, 6.45) is 1.07. The third-order valence-electron chi connectivity index (χ3n) is 4.05. The Morgan fingerprint density at radius 1 is 1.07 bits per heavy atom. The van der Waals surface area contributed by atoms with E-state index in [1.807, 2.05) is 31.2 Å². The molecule has 3 rings (SSSR count). The molecule has 0 unspecified atom stereocenters. The molecule has 0 aliphatic heterocycles. The van der Waals surface area contributed by atoms with E-state index in [-0.39, 0.29) is 0 Å². The Balaban J connectivity index is 1.79. The smallest absolute Gasteiger partial charge is 0.249 e. The number of carbonyl (C=O) groups excluding carboxylic acids is 1. The summed E-state index contributed by atoms with van der Waals surface area (Å²) >= 11 is 1.23. The third kappa shape index (κ3) is 4.55. The number of aromatic nitrogens is 2. The van der Waals surface area contributed by atoms with Gasteiger partial charge in [0.15, 0.2) is 0 Å². The first-order valence-corrected chi connectivity index (χ1v) is 11.2. The Morgan fingerprint density at radius 3 is 2.32 bits per heavy atom. The van der Waals surface area contributed by atoms with Crippen LogP contribution in [-0.4, -0.2) is 36.8 Å². The van der Waals surface area contributed by atoms with E-state index in [0.717, 1.165) is 21.7 Å². The highest BCUT2D eigenvalue weighted by Crippen LogP contribution is 2.27. The third-order valence-corrected chi connectivity index (χ3v) is 6.18. The zero-order valence-electron chi connectivity index (χ0n) is 15.7.